The average molecular weight is 1620 g/mol. The molecular formula is C91H107F2N9O10S3. The molecular weight excluding hydrogens is 1510 g/mol. The van der Waals surface area contributed by atoms with Gasteiger partial charge < -0.3 is 47.0 Å². The van der Waals surface area contributed by atoms with E-state index in [9.17, 15) is 40.0 Å². The van der Waals surface area contributed by atoms with Crippen LogP contribution in [-0.2, 0) is 68.5 Å². The smallest absolute Gasteiger partial charge is 0.251 e. The van der Waals surface area contributed by atoms with Gasteiger partial charge in [0, 0.05) is 72.3 Å². The fourth-order valence-corrected chi connectivity index (χ4v) is 15.5. The molecule has 5 unspecified atom stereocenters. The maximum Gasteiger partial charge on any atom is 0.251 e. The van der Waals surface area contributed by atoms with Crippen molar-refractivity contribution in [2.24, 2.45) is 23.1 Å². The first-order chi connectivity index (χ1) is 54.8. The number of amides is 2. The van der Waals surface area contributed by atoms with Crippen molar-refractivity contribution in [3.8, 4) is 11.1 Å². The molecule has 1 aliphatic rings. The second-order valence-corrected chi connectivity index (χ2v) is 35.0. The molecule has 0 bridgehead atoms. The Bertz CT molecular complexity index is 5120. The summed E-state index contributed by atoms with van der Waals surface area (Å²) in [6.45, 7) is 19.5. The van der Waals surface area contributed by atoms with Crippen molar-refractivity contribution in [3.63, 3.8) is 0 Å². The molecule has 0 aliphatic heterocycles. The number of carbonyl (C=O) groups excluding carboxylic acids is 3. The number of nitrogens with two attached hydrogens (primary N) is 3. The van der Waals surface area contributed by atoms with Gasteiger partial charge in [0.15, 0.2) is 11.5 Å². The summed E-state index contributed by atoms with van der Waals surface area (Å²) in [7, 11) is -4.22. The Morgan fingerprint density at radius 2 is 1.05 bits per heavy atom. The van der Waals surface area contributed by atoms with Crippen LogP contribution in [0.15, 0.2) is 228 Å². The summed E-state index contributed by atoms with van der Waals surface area (Å²) >= 11 is 1.62. The van der Waals surface area contributed by atoms with E-state index in [4.69, 9.17) is 37.7 Å². The molecule has 24 heteroatoms. The number of halogens is 2. The van der Waals surface area contributed by atoms with E-state index in [1.165, 1.54) is 50.0 Å². The van der Waals surface area contributed by atoms with Gasteiger partial charge >= 0.3 is 0 Å². The van der Waals surface area contributed by atoms with Gasteiger partial charge in [-0.1, -0.05) is 142 Å². The Kier molecular flexibility index (Phi) is 31.7. The maximum absolute atomic E-state index is 14.0. The van der Waals surface area contributed by atoms with Crippen LogP contribution in [0.4, 0.5) is 25.8 Å². The van der Waals surface area contributed by atoms with E-state index in [1.54, 1.807) is 86.0 Å². The van der Waals surface area contributed by atoms with Crippen LogP contribution in [0.25, 0.3) is 16.0 Å². The van der Waals surface area contributed by atoms with Crippen molar-refractivity contribution in [2.75, 3.05) is 55.0 Å². The highest BCUT2D eigenvalue weighted by molar-refractivity contribution is 7.92. The van der Waals surface area contributed by atoms with Gasteiger partial charge in [-0.05, 0) is 223 Å². The van der Waals surface area contributed by atoms with E-state index in [2.05, 4.69) is 64.3 Å². The molecule has 10 aromatic rings. The summed E-state index contributed by atoms with van der Waals surface area (Å²) in [5.74, 6) is -0.508. The number of para-hydroxylation sites is 1. The van der Waals surface area contributed by atoms with E-state index < -0.39 is 36.7 Å². The second-order valence-electron chi connectivity index (χ2n) is 30.2. The molecule has 0 saturated heterocycles. The molecule has 0 spiro atoms. The monoisotopic (exact) mass is 1620 g/mol. The predicted molar refractivity (Wildman–Crippen MR) is 456 cm³/mol. The van der Waals surface area contributed by atoms with Crippen molar-refractivity contribution in [1.82, 2.24) is 16.0 Å². The highest BCUT2D eigenvalue weighted by Crippen LogP contribution is 2.43. The van der Waals surface area contributed by atoms with Crippen molar-refractivity contribution in [3.05, 3.63) is 313 Å². The maximum atomic E-state index is 14.0. The summed E-state index contributed by atoms with van der Waals surface area (Å²) in [6.07, 6.45) is 11.0. The summed E-state index contributed by atoms with van der Waals surface area (Å²) in [4.78, 5) is 44.0. The predicted octanol–water partition coefficient (Wildman–Crippen LogP) is 16.9. The van der Waals surface area contributed by atoms with Crippen LogP contribution in [0.3, 0.4) is 0 Å². The van der Waals surface area contributed by atoms with Gasteiger partial charge in [-0.25, -0.2) is 30.5 Å². The number of ketones is 1. The first kappa shape index (κ1) is 88.9. The van der Waals surface area contributed by atoms with Crippen LogP contribution in [0.1, 0.15) is 172 Å². The topological polar surface area (TPSA) is 276 Å². The molecule has 11 rings (SSSR count). The van der Waals surface area contributed by atoms with Gasteiger partial charge in [-0.2, -0.15) is 11.3 Å². The molecule has 9 N–H and O–H groups in total. The molecule has 2 aromatic heterocycles. The third-order valence-corrected chi connectivity index (χ3v) is 24.3. The zero-order chi connectivity index (χ0) is 83.1. The fraction of sp³-hybridized carbons (Fsp3) is 0.341. The van der Waals surface area contributed by atoms with E-state index in [-0.39, 0.29) is 65.3 Å². The van der Waals surface area contributed by atoms with Crippen LogP contribution >= 0.6 is 11.3 Å². The van der Waals surface area contributed by atoms with Gasteiger partial charge in [-0.3, -0.25) is 23.0 Å². The number of Topliss-reactive ketones (excluding diaryl/α,β-unsaturated/α-hetero) is 1. The van der Waals surface area contributed by atoms with Crippen LogP contribution in [0.5, 0.6) is 0 Å². The number of thiophene rings is 1. The number of benzene rings is 8. The number of nitrogens with zero attached hydrogens (tertiary/aromatic N) is 3. The summed E-state index contributed by atoms with van der Waals surface area (Å²) in [5, 5.41) is 13.3. The number of sulfonamides is 2. The number of hydrogen-bond donors (Lipinski definition) is 6. The fourth-order valence-electron chi connectivity index (χ4n) is 13.9. The molecule has 1 aliphatic carbocycles. The van der Waals surface area contributed by atoms with Crippen LogP contribution < -0.4 is 41.8 Å². The molecule has 1 saturated carbocycles. The largest absolute Gasteiger partial charge is 0.469 e. The molecule has 2 heterocycles. The lowest BCUT2D eigenvalue weighted by Crippen LogP contribution is -2.50. The van der Waals surface area contributed by atoms with Crippen LogP contribution in [-0.4, -0.2) is 97.4 Å². The Hall–Kier alpha value is -10.0. The first-order valence-electron chi connectivity index (χ1n) is 38.6. The van der Waals surface area contributed by atoms with Crippen LogP contribution in [0, 0.1) is 24.1 Å². The minimum atomic E-state index is -3.56. The Morgan fingerprint density at radius 1 is 0.574 bits per heavy atom. The molecule has 1 fully saturated rings. The van der Waals surface area contributed by atoms with Crippen molar-refractivity contribution in [2.45, 2.75) is 147 Å². The Labute approximate surface area is 681 Å². The Morgan fingerprint density at radius 3 is 1.54 bits per heavy atom. The molecule has 115 heavy (non-hydrogen) atoms. The Balaban J connectivity index is 0.000000198. The zero-order valence-electron chi connectivity index (χ0n) is 66.9. The van der Waals surface area contributed by atoms with E-state index in [1.807, 2.05) is 109 Å². The standard InChI is InChI=1S/C35H36N2O3.C29H37FN4O3S.C27H34FN3O4S2/c1-3-35(36,22-25-11-5-4-6-12-25)24-39-23-26-19-27(29-13-7-8-16-32(29)37-2)21-28(20-26)34(38)31-15-9-14-30(31)33-17-10-18-40-33;1-5-29(31,18-22-9-7-6-8-10-22)20-32-19-23-15-25(17-27(16-23)34(3)38(4,36)37)28(35)33-21(2)24-11-13-26(30)14-12-24;1-5-27(29,15-20-10-11-36-17-20)18-35-16-21-12-23(14-25(13-21)31(3)37(4,33)34)26(32)30-19(2)22-6-8-24(28)9-7-22/h4-8,10-13,16-21,30-31H,3,9,14-15,22-24,36H2,1H3;6-17,21,32H,5,18-20,31H2,1-4H3,(H,33,35);6-14,17,19H,5,15-16,18,29H2,1-4H3,(H,30,32)/t;21-,29?;19-,27?/m.11/s1. The molecule has 608 valence electrons. The number of ether oxygens (including phenoxy) is 2. The molecule has 7 atom stereocenters. The highest BCUT2D eigenvalue weighted by atomic mass is 32.2. The third-order valence-electron chi connectivity index (χ3n) is 21.2. The molecule has 19 nitrogen and oxygen atoms in total. The highest BCUT2D eigenvalue weighted by Gasteiger charge is 2.37. The van der Waals surface area contributed by atoms with Crippen LogP contribution in [0.2, 0.25) is 0 Å². The number of rotatable bonds is 35. The minimum absolute atomic E-state index is 0.0850. The number of carbonyl (C=O) groups is 3. The van der Waals surface area contributed by atoms with Crippen molar-refractivity contribution in [1.29, 1.82) is 0 Å². The van der Waals surface area contributed by atoms with E-state index in [0.717, 1.165) is 110 Å². The summed E-state index contributed by atoms with van der Waals surface area (Å²) in [6, 6.07) is 60.6. The van der Waals surface area contributed by atoms with Crippen molar-refractivity contribution < 1.29 is 53.9 Å². The third kappa shape index (κ3) is 26.0. The zero-order valence-corrected chi connectivity index (χ0v) is 69.4. The number of furan rings is 1. The minimum Gasteiger partial charge on any atom is -0.469 e. The molecule has 2 amide bonds. The lowest BCUT2D eigenvalue weighted by Gasteiger charge is -2.29. The summed E-state index contributed by atoms with van der Waals surface area (Å²) < 4.78 is 95.6. The lowest BCUT2D eigenvalue weighted by atomic mass is 9.85. The quantitative estimate of drug-likeness (QED) is 0.0159. The number of anilines is 2. The van der Waals surface area contributed by atoms with Gasteiger partial charge in [-0.15, -0.1) is 0 Å². The van der Waals surface area contributed by atoms with Gasteiger partial charge in [0.05, 0.1) is 75.2 Å². The van der Waals surface area contributed by atoms with Crippen molar-refractivity contribution >= 4 is 66.0 Å². The normalized spacial score (nSPS) is 15.5. The lowest BCUT2D eigenvalue weighted by molar-refractivity contribution is 0.0710. The average Bonchev–Trinajstić information content (AvgIpc) is 0.917. The van der Waals surface area contributed by atoms with Gasteiger partial charge in [0.1, 0.15) is 17.4 Å². The molecule has 0 radical (unpaired) electrons. The van der Waals surface area contributed by atoms with E-state index in [0.29, 0.717) is 85.9 Å². The first-order valence-corrected chi connectivity index (χ1v) is 43.2. The SMILES string of the molecule is CCC(N)(CNCc1cc(C(=O)N[C@H](C)c2ccc(F)cc2)cc(N(C)S(C)(=O)=O)c1)Cc1ccccc1.CCC(N)(COCc1cc(C(=O)N[C@H](C)c2ccc(F)cc2)cc(N(C)S(C)(=O)=O)c1)Cc1ccsc1.[C-]#[N+]c1ccccc1-c1cc(COCC(N)(CC)Cc2ccccc2)cc(C(=O)C2CCCC2c2ccco2)c1. The van der Waals surface area contributed by atoms with Gasteiger partial charge in [0.25, 0.3) is 11.8 Å². The number of hydrogen-bond acceptors (Lipinski definition) is 15. The summed E-state index contributed by atoms with van der Waals surface area (Å²) in [5.41, 5.74) is 30.0. The second kappa shape index (κ2) is 41.0. The van der Waals surface area contributed by atoms with Gasteiger partial charge in [0.2, 0.25) is 20.0 Å². The number of nitrogens with one attached hydrogen (secondary N) is 3. The van der Waals surface area contributed by atoms with E-state index >= 15 is 0 Å². The molecule has 8 aromatic carbocycles.